The number of piperidine rings is 1. The summed E-state index contributed by atoms with van der Waals surface area (Å²) >= 11 is 0. The summed E-state index contributed by atoms with van der Waals surface area (Å²) < 4.78 is 13.0. The molecule has 0 aliphatic carbocycles. The van der Waals surface area contributed by atoms with Crippen LogP contribution in [0.15, 0.2) is 30.5 Å². The zero-order valence-corrected chi connectivity index (χ0v) is 17.8. The maximum Gasteiger partial charge on any atom is 0.254 e. The molecule has 5 nitrogen and oxygen atoms in total. The normalized spacial score (nSPS) is 16.0. The number of amides is 1. The van der Waals surface area contributed by atoms with Gasteiger partial charge in [0.1, 0.15) is 11.6 Å². The predicted octanol–water partition coefficient (Wildman–Crippen LogP) is 4.08. The van der Waals surface area contributed by atoms with Gasteiger partial charge in [-0.25, -0.2) is 14.4 Å². The molecule has 1 aromatic carbocycles. The Labute approximate surface area is 172 Å². The third-order valence-corrected chi connectivity index (χ3v) is 5.26. The number of halogens is 1. The number of aryl methyl sites for hydroxylation is 1. The van der Waals surface area contributed by atoms with Gasteiger partial charge in [-0.3, -0.25) is 4.79 Å². The molecular weight excluding hydrogens is 367 g/mol. The fraction of sp³-hybridized carbons (Fsp3) is 0.522. The number of carbonyl (C=O) groups is 1. The van der Waals surface area contributed by atoms with Crippen LogP contribution in [0.2, 0.25) is 0 Å². The van der Waals surface area contributed by atoms with Crippen molar-refractivity contribution in [3.8, 4) is 0 Å². The topological polar surface area (TPSA) is 58.1 Å². The minimum absolute atomic E-state index is 0.210. The molecule has 0 spiro atoms. The minimum Gasteiger partial charge on any atom is -0.348 e. The van der Waals surface area contributed by atoms with Crippen LogP contribution in [0.1, 0.15) is 67.0 Å². The molecule has 3 rings (SSSR count). The van der Waals surface area contributed by atoms with Gasteiger partial charge in [-0.1, -0.05) is 32.9 Å². The molecule has 0 radical (unpaired) electrons. The summed E-state index contributed by atoms with van der Waals surface area (Å²) in [6, 6.07) is 6.09. The third-order valence-electron chi connectivity index (χ3n) is 5.26. The zero-order chi connectivity index (χ0) is 21.0. The molecule has 0 atom stereocenters. The lowest BCUT2D eigenvalue weighted by molar-refractivity contribution is 0.0949. The molecule has 2 heterocycles. The van der Waals surface area contributed by atoms with Crippen molar-refractivity contribution in [3.05, 3.63) is 58.9 Å². The maximum absolute atomic E-state index is 13.0. The second-order valence-electron chi connectivity index (χ2n) is 9.15. The van der Waals surface area contributed by atoms with Gasteiger partial charge in [-0.2, -0.15) is 0 Å². The van der Waals surface area contributed by atoms with E-state index in [1.165, 1.54) is 12.1 Å². The van der Waals surface area contributed by atoms with Gasteiger partial charge in [0.15, 0.2) is 0 Å². The van der Waals surface area contributed by atoms with E-state index in [2.05, 4.69) is 41.0 Å². The number of aromatic nitrogens is 2. The van der Waals surface area contributed by atoms with Crippen LogP contribution in [0.25, 0.3) is 0 Å². The third kappa shape index (κ3) is 6.07. The van der Waals surface area contributed by atoms with E-state index in [1.807, 2.05) is 6.92 Å². The summed E-state index contributed by atoms with van der Waals surface area (Å²) in [6.07, 6.45) is 3.73. The van der Waals surface area contributed by atoms with E-state index in [4.69, 9.17) is 0 Å². The van der Waals surface area contributed by atoms with Crippen molar-refractivity contribution in [2.75, 3.05) is 19.6 Å². The van der Waals surface area contributed by atoms with E-state index in [0.717, 1.165) is 43.9 Å². The van der Waals surface area contributed by atoms with E-state index in [9.17, 15) is 9.18 Å². The van der Waals surface area contributed by atoms with Gasteiger partial charge in [-0.15, -0.1) is 0 Å². The molecule has 0 bridgehead atoms. The smallest absolute Gasteiger partial charge is 0.254 e. The Hall–Kier alpha value is -2.34. The van der Waals surface area contributed by atoms with E-state index in [1.54, 1.807) is 18.3 Å². The minimum atomic E-state index is -0.288. The van der Waals surface area contributed by atoms with Gasteiger partial charge in [0, 0.05) is 25.2 Å². The van der Waals surface area contributed by atoms with Crippen molar-refractivity contribution in [1.82, 2.24) is 20.2 Å². The molecular formula is C23H31FN4O. The molecule has 0 unspecified atom stereocenters. The lowest BCUT2D eigenvalue weighted by Gasteiger charge is -2.35. The molecule has 1 amide bonds. The van der Waals surface area contributed by atoms with E-state index >= 15 is 0 Å². The Morgan fingerprint density at radius 3 is 2.45 bits per heavy atom. The highest BCUT2D eigenvalue weighted by atomic mass is 19.1. The molecule has 1 aliphatic rings. The predicted molar refractivity (Wildman–Crippen MR) is 112 cm³/mol. The summed E-state index contributed by atoms with van der Waals surface area (Å²) in [5.74, 6) is 0.691. The summed E-state index contributed by atoms with van der Waals surface area (Å²) in [4.78, 5) is 24.2. The molecule has 1 fully saturated rings. The van der Waals surface area contributed by atoms with Crippen molar-refractivity contribution in [2.24, 2.45) is 5.41 Å². The first-order chi connectivity index (χ1) is 13.7. The van der Waals surface area contributed by atoms with Gasteiger partial charge in [0.05, 0.1) is 11.3 Å². The van der Waals surface area contributed by atoms with Gasteiger partial charge in [0.2, 0.25) is 0 Å². The first-order valence-corrected chi connectivity index (χ1v) is 10.3. The SMILES string of the molecule is Cc1nc(C2CCN(CC(C)(C)C)CC2)ncc1C(=O)NCc1ccc(F)cc1. The van der Waals surface area contributed by atoms with Gasteiger partial charge < -0.3 is 10.2 Å². The van der Waals surface area contributed by atoms with Crippen LogP contribution in [-0.4, -0.2) is 40.4 Å². The van der Waals surface area contributed by atoms with E-state index in [0.29, 0.717) is 29.1 Å². The summed E-state index contributed by atoms with van der Waals surface area (Å²) in [7, 11) is 0. The highest BCUT2D eigenvalue weighted by molar-refractivity contribution is 5.94. The van der Waals surface area contributed by atoms with Crippen molar-refractivity contribution < 1.29 is 9.18 Å². The quantitative estimate of drug-likeness (QED) is 0.825. The molecule has 0 saturated carbocycles. The van der Waals surface area contributed by atoms with Crippen molar-refractivity contribution in [2.45, 2.75) is 53.0 Å². The number of likely N-dealkylation sites (tertiary alicyclic amines) is 1. The van der Waals surface area contributed by atoms with Gasteiger partial charge >= 0.3 is 0 Å². The summed E-state index contributed by atoms with van der Waals surface area (Å²) in [5.41, 5.74) is 2.34. The lowest BCUT2D eigenvalue weighted by atomic mass is 9.91. The van der Waals surface area contributed by atoms with Crippen molar-refractivity contribution in [3.63, 3.8) is 0 Å². The van der Waals surface area contributed by atoms with Crippen LogP contribution in [0.3, 0.4) is 0 Å². The molecule has 1 N–H and O–H groups in total. The Morgan fingerprint density at radius 1 is 1.21 bits per heavy atom. The number of hydrogen-bond donors (Lipinski definition) is 1. The Balaban J connectivity index is 1.57. The molecule has 1 aliphatic heterocycles. The Bertz CT molecular complexity index is 837. The lowest BCUT2D eigenvalue weighted by Crippen LogP contribution is -2.38. The fourth-order valence-electron chi connectivity index (χ4n) is 3.80. The maximum atomic E-state index is 13.0. The van der Waals surface area contributed by atoms with E-state index in [-0.39, 0.29) is 11.7 Å². The number of carbonyl (C=O) groups excluding carboxylic acids is 1. The Kier molecular flexibility index (Phi) is 6.63. The number of rotatable bonds is 5. The van der Waals surface area contributed by atoms with Crippen LogP contribution in [-0.2, 0) is 6.54 Å². The first-order valence-electron chi connectivity index (χ1n) is 10.3. The number of nitrogens with zero attached hydrogens (tertiary/aromatic N) is 3. The molecule has 156 valence electrons. The second kappa shape index (κ2) is 8.99. The monoisotopic (exact) mass is 398 g/mol. The van der Waals surface area contributed by atoms with Gasteiger partial charge in [0.25, 0.3) is 5.91 Å². The van der Waals surface area contributed by atoms with Crippen LogP contribution >= 0.6 is 0 Å². The average molecular weight is 399 g/mol. The standard InChI is InChI=1S/C23H31FN4O/c1-16-20(22(29)26-13-17-5-7-19(24)8-6-17)14-25-21(27-16)18-9-11-28(12-10-18)15-23(2,3)4/h5-8,14,18H,9-13,15H2,1-4H3,(H,26,29). The van der Waals surface area contributed by atoms with Crippen LogP contribution in [0.4, 0.5) is 4.39 Å². The summed E-state index contributed by atoms with van der Waals surface area (Å²) in [5, 5.41) is 2.85. The summed E-state index contributed by atoms with van der Waals surface area (Å²) in [6.45, 7) is 12.2. The largest absolute Gasteiger partial charge is 0.348 e. The van der Waals surface area contributed by atoms with Crippen LogP contribution in [0, 0.1) is 18.2 Å². The van der Waals surface area contributed by atoms with Crippen LogP contribution < -0.4 is 5.32 Å². The number of nitrogens with one attached hydrogen (secondary N) is 1. The first kappa shape index (κ1) is 21.4. The van der Waals surface area contributed by atoms with Gasteiger partial charge in [-0.05, 0) is 56.0 Å². The number of hydrogen-bond acceptors (Lipinski definition) is 4. The number of benzene rings is 1. The molecule has 29 heavy (non-hydrogen) atoms. The molecule has 1 aromatic heterocycles. The fourth-order valence-corrected chi connectivity index (χ4v) is 3.80. The molecule has 1 saturated heterocycles. The highest BCUT2D eigenvalue weighted by Gasteiger charge is 2.26. The van der Waals surface area contributed by atoms with E-state index < -0.39 is 0 Å². The molecule has 2 aromatic rings. The Morgan fingerprint density at radius 2 is 1.86 bits per heavy atom. The van der Waals surface area contributed by atoms with Crippen molar-refractivity contribution in [1.29, 1.82) is 0 Å². The highest BCUT2D eigenvalue weighted by Crippen LogP contribution is 2.28. The van der Waals surface area contributed by atoms with Crippen LogP contribution in [0.5, 0.6) is 0 Å². The average Bonchev–Trinajstić information content (AvgIpc) is 2.66. The zero-order valence-electron chi connectivity index (χ0n) is 17.8. The second-order valence-corrected chi connectivity index (χ2v) is 9.15. The molecule has 6 heteroatoms. The van der Waals surface area contributed by atoms with Crippen molar-refractivity contribution >= 4 is 5.91 Å².